The first-order valence-corrected chi connectivity index (χ1v) is 8.37. The quantitative estimate of drug-likeness (QED) is 0.768. The molecular weight excluding hydrogens is 397 g/mol. The summed E-state index contributed by atoms with van der Waals surface area (Å²) < 4.78 is 50.9. The van der Waals surface area contributed by atoms with Gasteiger partial charge in [-0.2, -0.15) is 23.7 Å². The highest BCUT2D eigenvalue weighted by molar-refractivity contribution is 6.32. The fourth-order valence-electron chi connectivity index (χ4n) is 2.69. The molecule has 2 heterocycles. The fraction of sp³-hybridized carbons (Fsp3) is 0.278. The number of nitrogens with zero attached hydrogens (tertiary/aromatic N) is 4. The van der Waals surface area contributed by atoms with Gasteiger partial charge in [0.05, 0.1) is 23.3 Å². The summed E-state index contributed by atoms with van der Waals surface area (Å²) in [4.78, 5) is 4.85. The predicted molar refractivity (Wildman–Crippen MR) is 92.7 cm³/mol. The Balaban J connectivity index is 1.74. The van der Waals surface area contributed by atoms with E-state index in [1.807, 2.05) is 12.1 Å². The Morgan fingerprint density at radius 3 is 2.61 bits per heavy atom. The molecule has 0 spiro atoms. The normalized spacial score (nSPS) is 19.1. The zero-order valence-corrected chi connectivity index (χ0v) is 14.9. The maximum atomic E-state index is 13.4. The highest BCUT2D eigenvalue weighted by Crippen LogP contribution is 2.36. The van der Waals surface area contributed by atoms with E-state index in [2.05, 4.69) is 4.98 Å². The van der Waals surface area contributed by atoms with Crippen molar-refractivity contribution in [2.24, 2.45) is 0 Å². The minimum absolute atomic E-state index is 0.0595. The van der Waals surface area contributed by atoms with Crippen molar-refractivity contribution in [1.82, 2.24) is 4.98 Å². The first-order chi connectivity index (χ1) is 13.3. The van der Waals surface area contributed by atoms with Crippen molar-refractivity contribution in [1.29, 1.82) is 10.5 Å². The van der Waals surface area contributed by atoms with Crippen molar-refractivity contribution in [2.75, 3.05) is 18.1 Å². The van der Waals surface area contributed by atoms with Crippen LogP contribution in [0.15, 0.2) is 36.5 Å². The minimum atomic E-state index is -4.63. The van der Waals surface area contributed by atoms with Crippen LogP contribution < -0.4 is 9.64 Å². The largest absolute Gasteiger partial charge is 0.489 e. The maximum absolute atomic E-state index is 13.4. The molecule has 1 aromatic carbocycles. The highest BCUT2D eigenvalue weighted by atomic mass is 35.5. The zero-order chi connectivity index (χ0) is 20.3. The molecule has 0 amide bonds. The smallest absolute Gasteiger partial charge is 0.433 e. The number of benzene rings is 1. The Morgan fingerprint density at radius 1 is 1.25 bits per heavy atom. The lowest BCUT2D eigenvalue weighted by Gasteiger charge is -2.26. The van der Waals surface area contributed by atoms with E-state index >= 15 is 0 Å². The Kier molecular flexibility index (Phi) is 5.59. The summed E-state index contributed by atoms with van der Waals surface area (Å²) in [5.74, 6) is 0.311. The van der Waals surface area contributed by atoms with Gasteiger partial charge in [-0.15, -0.1) is 0 Å². The van der Waals surface area contributed by atoms with Crippen LogP contribution in [-0.2, 0) is 4.74 Å². The summed E-state index contributed by atoms with van der Waals surface area (Å²) in [7, 11) is 0. The highest BCUT2D eigenvalue weighted by Gasteiger charge is 2.51. The molecule has 2 unspecified atom stereocenters. The van der Waals surface area contributed by atoms with Gasteiger partial charge < -0.3 is 14.4 Å². The van der Waals surface area contributed by atoms with E-state index in [9.17, 15) is 13.2 Å². The molecule has 28 heavy (non-hydrogen) atoms. The number of anilines is 1. The number of alkyl halides is 3. The summed E-state index contributed by atoms with van der Waals surface area (Å²) in [5.41, 5.74) is 0.557. The van der Waals surface area contributed by atoms with Crippen LogP contribution in [-0.4, -0.2) is 36.6 Å². The van der Waals surface area contributed by atoms with Gasteiger partial charge >= 0.3 is 6.18 Å². The molecule has 1 saturated heterocycles. The predicted octanol–water partition coefficient (Wildman–Crippen LogP) is 3.65. The van der Waals surface area contributed by atoms with E-state index in [1.54, 1.807) is 0 Å². The van der Waals surface area contributed by atoms with Crippen LogP contribution in [0.3, 0.4) is 0 Å². The second-order valence-electron chi connectivity index (χ2n) is 5.88. The van der Waals surface area contributed by atoms with Crippen LogP contribution in [0.1, 0.15) is 11.3 Å². The SMILES string of the molecule is N#Cc1ccc(OCC2CN(c3ccc(C#N)c(Cl)c3)C(C(F)(F)F)O2)cn1. The molecule has 1 aliphatic heterocycles. The molecule has 2 atom stereocenters. The number of nitriles is 2. The lowest BCUT2D eigenvalue weighted by molar-refractivity contribution is -0.215. The van der Waals surface area contributed by atoms with E-state index < -0.39 is 18.5 Å². The summed E-state index contributed by atoms with van der Waals surface area (Å²) in [6, 6.07) is 10.7. The van der Waals surface area contributed by atoms with E-state index in [4.69, 9.17) is 31.6 Å². The van der Waals surface area contributed by atoms with E-state index in [0.717, 1.165) is 4.90 Å². The van der Waals surface area contributed by atoms with Crippen molar-refractivity contribution in [2.45, 2.75) is 18.5 Å². The number of ether oxygens (including phenoxy) is 2. The van der Waals surface area contributed by atoms with Gasteiger partial charge in [0.1, 0.15) is 36.3 Å². The molecular formula is C18H12ClF3N4O2. The van der Waals surface area contributed by atoms with Crippen molar-refractivity contribution < 1.29 is 22.6 Å². The molecule has 0 saturated carbocycles. The molecule has 10 heteroatoms. The first-order valence-electron chi connectivity index (χ1n) is 7.99. The number of aromatic nitrogens is 1. The summed E-state index contributed by atoms with van der Waals surface area (Å²) in [6.07, 6.45) is -6.35. The molecule has 2 aromatic rings. The Hall–Kier alpha value is -3.01. The topological polar surface area (TPSA) is 82.2 Å². The van der Waals surface area contributed by atoms with Gasteiger partial charge in [-0.05, 0) is 30.3 Å². The fourth-order valence-corrected chi connectivity index (χ4v) is 2.91. The molecule has 0 N–H and O–H groups in total. The average molecular weight is 409 g/mol. The lowest BCUT2D eigenvalue weighted by atomic mass is 10.2. The van der Waals surface area contributed by atoms with Gasteiger partial charge in [-0.1, -0.05) is 11.6 Å². The third-order valence-electron chi connectivity index (χ3n) is 3.98. The first kappa shape index (κ1) is 19.7. The van der Waals surface area contributed by atoms with E-state index in [0.29, 0.717) is 5.75 Å². The van der Waals surface area contributed by atoms with Gasteiger partial charge in [0, 0.05) is 5.69 Å². The monoisotopic (exact) mass is 408 g/mol. The third-order valence-corrected chi connectivity index (χ3v) is 4.29. The molecule has 6 nitrogen and oxygen atoms in total. The van der Waals surface area contributed by atoms with Gasteiger partial charge in [-0.3, -0.25) is 0 Å². The second-order valence-corrected chi connectivity index (χ2v) is 6.29. The van der Waals surface area contributed by atoms with Crippen LogP contribution >= 0.6 is 11.6 Å². The van der Waals surface area contributed by atoms with Crippen LogP contribution in [0.25, 0.3) is 0 Å². The standard InChI is InChI=1S/C18H12ClF3N4O2/c19-16-5-13(3-1-11(16)6-23)26-9-15(28-17(26)18(20,21)22)10-27-14-4-2-12(7-24)25-8-14/h1-5,8,15,17H,9-10H2. The lowest BCUT2D eigenvalue weighted by Crippen LogP contribution is -2.42. The molecule has 1 aromatic heterocycles. The molecule has 1 fully saturated rings. The Labute approximate surface area is 163 Å². The Bertz CT molecular complexity index is 938. The van der Waals surface area contributed by atoms with E-state index in [-0.39, 0.29) is 35.1 Å². The minimum Gasteiger partial charge on any atom is -0.489 e. The number of pyridine rings is 1. The third kappa shape index (κ3) is 4.28. The summed E-state index contributed by atoms with van der Waals surface area (Å²) in [5, 5.41) is 17.7. The van der Waals surface area contributed by atoms with Crippen LogP contribution in [0.5, 0.6) is 5.75 Å². The molecule has 0 aliphatic carbocycles. The number of rotatable bonds is 4. The summed E-state index contributed by atoms with van der Waals surface area (Å²) >= 11 is 5.95. The van der Waals surface area contributed by atoms with Crippen molar-refractivity contribution >= 4 is 17.3 Å². The van der Waals surface area contributed by atoms with Crippen molar-refractivity contribution in [3.05, 3.63) is 52.8 Å². The second kappa shape index (κ2) is 7.93. The van der Waals surface area contributed by atoms with Gasteiger partial charge in [0.15, 0.2) is 0 Å². The maximum Gasteiger partial charge on any atom is 0.433 e. The van der Waals surface area contributed by atoms with Gasteiger partial charge in [0.2, 0.25) is 6.23 Å². The number of hydrogen-bond donors (Lipinski definition) is 0. The van der Waals surface area contributed by atoms with Crippen molar-refractivity contribution in [3.8, 4) is 17.9 Å². The Morgan fingerprint density at radius 2 is 2.04 bits per heavy atom. The number of hydrogen-bond acceptors (Lipinski definition) is 6. The van der Waals surface area contributed by atoms with Gasteiger partial charge in [0.25, 0.3) is 0 Å². The van der Waals surface area contributed by atoms with Crippen LogP contribution in [0.2, 0.25) is 5.02 Å². The van der Waals surface area contributed by atoms with Crippen LogP contribution in [0.4, 0.5) is 18.9 Å². The zero-order valence-electron chi connectivity index (χ0n) is 14.2. The van der Waals surface area contributed by atoms with E-state index in [1.165, 1.54) is 36.5 Å². The molecule has 3 rings (SSSR count). The molecule has 0 radical (unpaired) electrons. The molecule has 0 bridgehead atoms. The van der Waals surface area contributed by atoms with Crippen molar-refractivity contribution in [3.63, 3.8) is 0 Å². The summed E-state index contributed by atoms with van der Waals surface area (Å²) in [6.45, 7) is -0.225. The molecule has 1 aliphatic rings. The van der Waals surface area contributed by atoms with Gasteiger partial charge in [-0.25, -0.2) is 4.98 Å². The molecule has 144 valence electrons. The average Bonchev–Trinajstić information content (AvgIpc) is 3.11. The van der Waals surface area contributed by atoms with Crippen LogP contribution in [0, 0.1) is 22.7 Å². The number of halogens is 4.